The SMILES string of the molecule is Cc1nc(C)c(-c2nc(N3CC4CCCNC4C3)n[nH]2)s1. The minimum absolute atomic E-state index is 0.605. The van der Waals surface area contributed by atoms with E-state index in [1.165, 1.54) is 12.8 Å². The zero-order valence-electron chi connectivity index (χ0n) is 12.4. The first-order valence-electron chi connectivity index (χ1n) is 7.56. The number of fused-ring (bicyclic) bond motifs is 1. The van der Waals surface area contributed by atoms with Crippen LogP contribution in [0.1, 0.15) is 23.5 Å². The van der Waals surface area contributed by atoms with Crippen molar-refractivity contribution in [1.29, 1.82) is 0 Å². The van der Waals surface area contributed by atoms with Crippen molar-refractivity contribution < 1.29 is 0 Å². The molecule has 0 aliphatic carbocycles. The summed E-state index contributed by atoms with van der Waals surface area (Å²) >= 11 is 1.67. The standard InChI is InChI=1S/C14H20N6S/c1-8-12(21-9(2)16-8)13-17-14(19-18-13)20-6-10-4-3-5-15-11(10)7-20/h10-11,15H,3-7H2,1-2H3,(H,17,18,19). The Morgan fingerprint density at radius 3 is 2.90 bits per heavy atom. The molecule has 0 bridgehead atoms. The van der Waals surface area contributed by atoms with Crippen molar-refractivity contribution in [2.75, 3.05) is 24.5 Å². The Bertz CT molecular complexity index is 634. The molecular weight excluding hydrogens is 284 g/mol. The highest BCUT2D eigenvalue weighted by Gasteiger charge is 2.35. The quantitative estimate of drug-likeness (QED) is 0.884. The van der Waals surface area contributed by atoms with Gasteiger partial charge in [0.05, 0.1) is 15.6 Å². The van der Waals surface area contributed by atoms with Gasteiger partial charge < -0.3 is 10.2 Å². The summed E-state index contributed by atoms with van der Waals surface area (Å²) in [6, 6.07) is 0.605. The average Bonchev–Trinajstić information content (AvgIpc) is 3.15. The van der Waals surface area contributed by atoms with Crippen LogP contribution in [0.3, 0.4) is 0 Å². The molecule has 21 heavy (non-hydrogen) atoms. The van der Waals surface area contributed by atoms with Crippen LogP contribution in [0.15, 0.2) is 0 Å². The summed E-state index contributed by atoms with van der Waals surface area (Å²) in [6.45, 7) is 7.27. The van der Waals surface area contributed by atoms with Crippen molar-refractivity contribution in [2.45, 2.75) is 32.7 Å². The molecule has 0 aromatic carbocycles. The lowest BCUT2D eigenvalue weighted by atomic mass is 9.94. The molecule has 6 nitrogen and oxygen atoms in total. The number of aryl methyl sites for hydroxylation is 2. The summed E-state index contributed by atoms with van der Waals surface area (Å²) < 4.78 is 0. The summed E-state index contributed by atoms with van der Waals surface area (Å²) in [4.78, 5) is 12.6. The van der Waals surface area contributed by atoms with Gasteiger partial charge in [-0.2, -0.15) is 4.98 Å². The molecule has 0 radical (unpaired) electrons. The predicted molar refractivity (Wildman–Crippen MR) is 83.7 cm³/mol. The number of nitrogens with one attached hydrogen (secondary N) is 2. The van der Waals surface area contributed by atoms with Gasteiger partial charge in [-0.15, -0.1) is 16.4 Å². The Morgan fingerprint density at radius 1 is 1.24 bits per heavy atom. The fourth-order valence-electron chi connectivity index (χ4n) is 3.46. The maximum atomic E-state index is 4.70. The van der Waals surface area contributed by atoms with E-state index < -0.39 is 0 Å². The molecule has 4 rings (SSSR count). The second kappa shape index (κ2) is 5.06. The molecule has 2 aromatic heterocycles. The Hall–Kier alpha value is -1.47. The highest BCUT2D eigenvalue weighted by Crippen LogP contribution is 2.30. The molecule has 2 saturated heterocycles. The van der Waals surface area contributed by atoms with Gasteiger partial charge in [-0.1, -0.05) is 0 Å². The van der Waals surface area contributed by atoms with Gasteiger partial charge in [-0.05, 0) is 39.2 Å². The van der Waals surface area contributed by atoms with Gasteiger partial charge in [-0.25, -0.2) is 4.98 Å². The molecule has 4 heterocycles. The number of thiazole rings is 1. The highest BCUT2D eigenvalue weighted by molar-refractivity contribution is 7.15. The molecule has 112 valence electrons. The molecule has 2 aromatic rings. The summed E-state index contributed by atoms with van der Waals surface area (Å²) in [5.41, 5.74) is 1.02. The molecule has 0 spiro atoms. The third-order valence-corrected chi connectivity index (χ3v) is 5.55. The van der Waals surface area contributed by atoms with Crippen LogP contribution in [0.5, 0.6) is 0 Å². The van der Waals surface area contributed by atoms with Gasteiger partial charge in [-0.3, -0.25) is 5.10 Å². The van der Waals surface area contributed by atoms with Gasteiger partial charge in [0, 0.05) is 19.1 Å². The lowest BCUT2D eigenvalue weighted by Crippen LogP contribution is -2.40. The number of hydrogen-bond donors (Lipinski definition) is 2. The van der Waals surface area contributed by atoms with Gasteiger partial charge >= 0.3 is 0 Å². The lowest BCUT2D eigenvalue weighted by molar-refractivity contribution is 0.340. The molecular formula is C14H20N6S. The van der Waals surface area contributed by atoms with E-state index >= 15 is 0 Å². The van der Waals surface area contributed by atoms with E-state index in [0.717, 1.165) is 52.9 Å². The summed E-state index contributed by atoms with van der Waals surface area (Å²) in [6.07, 6.45) is 2.60. The molecule has 0 amide bonds. The summed E-state index contributed by atoms with van der Waals surface area (Å²) in [5.74, 6) is 2.41. The average molecular weight is 304 g/mol. The topological polar surface area (TPSA) is 69.7 Å². The highest BCUT2D eigenvalue weighted by atomic mass is 32.1. The Labute approximate surface area is 128 Å². The molecule has 2 aliphatic rings. The van der Waals surface area contributed by atoms with E-state index in [-0.39, 0.29) is 0 Å². The van der Waals surface area contributed by atoms with Crippen LogP contribution in [0.4, 0.5) is 5.95 Å². The van der Waals surface area contributed by atoms with E-state index in [1.54, 1.807) is 11.3 Å². The van der Waals surface area contributed by atoms with E-state index in [4.69, 9.17) is 4.98 Å². The zero-order chi connectivity index (χ0) is 14.4. The number of piperidine rings is 1. The molecule has 2 atom stereocenters. The third kappa shape index (κ3) is 2.34. The Balaban J connectivity index is 1.56. The minimum atomic E-state index is 0.605. The van der Waals surface area contributed by atoms with Crippen molar-refractivity contribution >= 4 is 17.3 Å². The number of nitrogens with zero attached hydrogens (tertiary/aromatic N) is 4. The normalized spacial score (nSPS) is 25.3. The summed E-state index contributed by atoms with van der Waals surface area (Å²) in [7, 11) is 0. The molecule has 0 saturated carbocycles. The van der Waals surface area contributed by atoms with Crippen molar-refractivity contribution in [2.24, 2.45) is 5.92 Å². The van der Waals surface area contributed by atoms with E-state index in [9.17, 15) is 0 Å². The fraction of sp³-hybridized carbons (Fsp3) is 0.643. The van der Waals surface area contributed by atoms with Crippen molar-refractivity contribution in [1.82, 2.24) is 25.5 Å². The van der Waals surface area contributed by atoms with Crippen LogP contribution in [-0.4, -0.2) is 45.8 Å². The smallest absolute Gasteiger partial charge is 0.245 e. The third-order valence-electron chi connectivity index (χ3n) is 4.47. The van der Waals surface area contributed by atoms with Crippen LogP contribution in [-0.2, 0) is 0 Å². The van der Waals surface area contributed by atoms with Crippen molar-refractivity contribution in [3.63, 3.8) is 0 Å². The number of H-pyrrole nitrogens is 1. The Morgan fingerprint density at radius 2 is 2.14 bits per heavy atom. The second-order valence-corrected chi connectivity index (χ2v) is 7.20. The summed E-state index contributed by atoms with van der Waals surface area (Å²) in [5, 5.41) is 12.2. The number of rotatable bonds is 2. The maximum Gasteiger partial charge on any atom is 0.245 e. The van der Waals surface area contributed by atoms with Crippen molar-refractivity contribution in [3.05, 3.63) is 10.7 Å². The van der Waals surface area contributed by atoms with Crippen LogP contribution in [0, 0.1) is 19.8 Å². The zero-order valence-corrected chi connectivity index (χ0v) is 13.2. The van der Waals surface area contributed by atoms with Crippen LogP contribution >= 0.6 is 11.3 Å². The van der Waals surface area contributed by atoms with Gasteiger partial charge in [0.2, 0.25) is 5.95 Å². The first kappa shape index (κ1) is 13.2. The van der Waals surface area contributed by atoms with Gasteiger partial charge in [0.1, 0.15) is 0 Å². The molecule has 2 aliphatic heterocycles. The molecule has 7 heteroatoms. The minimum Gasteiger partial charge on any atom is -0.338 e. The number of aromatic nitrogens is 4. The monoisotopic (exact) mass is 304 g/mol. The van der Waals surface area contributed by atoms with Crippen LogP contribution in [0.25, 0.3) is 10.7 Å². The van der Waals surface area contributed by atoms with E-state index in [2.05, 4.69) is 25.4 Å². The predicted octanol–water partition coefficient (Wildman–Crippen LogP) is 1.73. The van der Waals surface area contributed by atoms with Gasteiger partial charge in [0.15, 0.2) is 5.82 Å². The first-order valence-corrected chi connectivity index (χ1v) is 8.37. The molecule has 2 N–H and O–H groups in total. The van der Waals surface area contributed by atoms with Gasteiger partial charge in [0.25, 0.3) is 0 Å². The lowest BCUT2D eigenvalue weighted by Gasteiger charge is -2.24. The fourth-order valence-corrected chi connectivity index (χ4v) is 4.32. The van der Waals surface area contributed by atoms with Crippen LogP contribution < -0.4 is 10.2 Å². The Kier molecular flexibility index (Phi) is 3.19. The maximum absolute atomic E-state index is 4.70. The largest absolute Gasteiger partial charge is 0.338 e. The second-order valence-electron chi connectivity index (χ2n) is 6.00. The number of hydrogen-bond acceptors (Lipinski definition) is 6. The number of aromatic amines is 1. The molecule has 2 fully saturated rings. The molecule has 2 unspecified atom stereocenters. The van der Waals surface area contributed by atoms with E-state index in [1.807, 2.05) is 13.8 Å². The first-order chi connectivity index (χ1) is 10.2. The van der Waals surface area contributed by atoms with E-state index in [0.29, 0.717) is 6.04 Å². The van der Waals surface area contributed by atoms with Crippen molar-refractivity contribution in [3.8, 4) is 10.7 Å². The number of anilines is 1. The van der Waals surface area contributed by atoms with Crippen LogP contribution in [0.2, 0.25) is 0 Å².